The summed E-state index contributed by atoms with van der Waals surface area (Å²) in [6, 6.07) is 21.6. The average Bonchev–Trinajstić information content (AvgIpc) is 3.72. The SMILES string of the molecule is O=C(CCSc1nnc(-c2ccco2)c(-c2ccco2)n1)Nc1nc(-c2ccc3ccccc3c2)cs1. The van der Waals surface area contributed by atoms with Crippen LogP contribution < -0.4 is 5.32 Å². The first-order valence-electron chi connectivity index (χ1n) is 11.4. The van der Waals surface area contributed by atoms with Crippen molar-refractivity contribution >= 4 is 44.9 Å². The highest BCUT2D eigenvalue weighted by atomic mass is 32.2. The van der Waals surface area contributed by atoms with Crippen LogP contribution in [0, 0.1) is 0 Å². The van der Waals surface area contributed by atoms with Crippen LogP contribution >= 0.6 is 23.1 Å². The Bertz CT molecular complexity index is 1660. The molecule has 37 heavy (non-hydrogen) atoms. The molecule has 0 aliphatic rings. The molecule has 0 fully saturated rings. The molecule has 6 aromatic rings. The lowest BCUT2D eigenvalue weighted by molar-refractivity contribution is -0.115. The standard InChI is InChI=1S/C27H19N5O3S2/c33-23(29-26-28-20(16-37-26)19-10-9-17-5-1-2-6-18(17)15-19)11-14-36-27-30-24(21-7-3-12-34-21)25(31-32-27)22-8-4-13-35-22/h1-10,12-13,15-16H,11,14H2,(H,28,29,33). The summed E-state index contributed by atoms with van der Waals surface area (Å²) in [6.07, 6.45) is 3.41. The normalized spacial score (nSPS) is 11.1. The zero-order valence-electron chi connectivity index (χ0n) is 19.3. The molecule has 0 atom stereocenters. The summed E-state index contributed by atoms with van der Waals surface area (Å²) in [5, 5.41) is 16.7. The van der Waals surface area contributed by atoms with Crippen LogP contribution in [0.1, 0.15) is 6.42 Å². The van der Waals surface area contributed by atoms with Crippen LogP contribution in [0.3, 0.4) is 0 Å². The third-order valence-corrected chi connectivity index (χ3v) is 7.13. The summed E-state index contributed by atoms with van der Waals surface area (Å²) in [5.41, 5.74) is 2.88. The molecule has 4 aromatic heterocycles. The number of nitrogens with one attached hydrogen (secondary N) is 1. The summed E-state index contributed by atoms with van der Waals surface area (Å²) in [4.78, 5) is 21.7. The van der Waals surface area contributed by atoms with Crippen molar-refractivity contribution in [1.29, 1.82) is 0 Å². The van der Waals surface area contributed by atoms with Gasteiger partial charge in [-0.25, -0.2) is 9.97 Å². The molecule has 182 valence electrons. The summed E-state index contributed by atoms with van der Waals surface area (Å²) in [6.45, 7) is 0. The summed E-state index contributed by atoms with van der Waals surface area (Å²) in [7, 11) is 0. The number of carbonyl (C=O) groups is 1. The van der Waals surface area contributed by atoms with E-state index in [0.717, 1.165) is 16.6 Å². The monoisotopic (exact) mass is 525 g/mol. The van der Waals surface area contributed by atoms with Crippen LogP contribution in [-0.4, -0.2) is 31.8 Å². The van der Waals surface area contributed by atoms with Gasteiger partial charge in [0.15, 0.2) is 22.3 Å². The Morgan fingerprint density at radius 3 is 2.43 bits per heavy atom. The van der Waals surface area contributed by atoms with Gasteiger partial charge in [0.25, 0.3) is 0 Å². The first-order chi connectivity index (χ1) is 18.2. The van der Waals surface area contributed by atoms with Gasteiger partial charge in [-0.15, -0.1) is 21.5 Å². The van der Waals surface area contributed by atoms with E-state index in [1.165, 1.54) is 28.5 Å². The van der Waals surface area contributed by atoms with Crippen molar-refractivity contribution in [3.05, 3.63) is 84.6 Å². The zero-order valence-corrected chi connectivity index (χ0v) is 21.0. The minimum absolute atomic E-state index is 0.127. The molecule has 0 radical (unpaired) electrons. The van der Waals surface area contributed by atoms with Gasteiger partial charge < -0.3 is 14.2 Å². The Kier molecular flexibility index (Phi) is 6.49. The molecule has 6 rings (SSSR count). The molecule has 8 nitrogen and oxygen atoms in total. The predicted molar refractivity (Wildman–Crippen MR) is 144 cm³/mol. The van der Waals surface area contributed by atoms with Crippen LogP contribution in [-0.2, 0) is 4.79 Å². The Morgan fingerprint density at radius 1 is 0.865 bits per heavy atom. The molecule has 0 spiro atoms. The van der Waals surface area contributed by atoms with Gasteiger partial charge in [-0.1, -0.05) is 48.2 Å². The number of carbonyl (C=O) groups excluding carboxylic acids is 1. The number of nitrogens with zero attached hydrogens (tertiary/aromatic N) is 4. The maximum Gasteiger partial charge on any atom is 0.226 e. The Hall–Kier alpha value is -4.28. The van der Waals surface area contributed by atoms with Crippen molar-refractivity contribution in [3.63, 3.8) is 0 Å². The number of benzene rings is 2. The minimum Gasteiger partial charge on any atom is -0.463 e. The van der Waals surface area contributed by atoms with Gasteiger partial charge in [0, 0.05) is 23.1 Å². The number of aromatic nitrogens is 4. The molecular formula is C27H19N5O3S2. The van der Waals surface area contributed by atoms with E-state index < -0.39 is 0 Å². The fraction of sp³-hybridized carbons (Fsp3) is 0.0741. The molecule has 1 amide bonds. The number of furan rings is 2. The fourth-order valence-electron chi connectivity index (χ4n) is 3.77. The first kappa shape index (κ1) is 23.1. The van der Waals surface area contributed by atoms with Crippen LogP contribution in [0.2, 0.25) is 0 Å². The molecule has 1 N–H and O–H groups in total. The van der Waals surface area contributed by atoms with Gasteiger partial charge in [-0.2, -0.15) is 0 Å². The third kappa shape index (κ3) is 5.16. The molecule has 10 heteroatoms. The van der Waals surface area contributed by atoms with Gasteiger partial charge in [0.1, 0.15) is 5.69 Å². The van der Waals surface area contributed by atoms with E-state index in [1.807, 2.05) is 23.6 Å². The van der Waals surface area contributed by atoms with Crippen LogP contribution in [0.15, 0.2) is 98.6 Å². The third-order valence-electron chi connectivity index (χ3n) is 5.53. The lowest BCUT2D eigenvalue weighted by Crippen LogP contribution is -2.12. The highest BCUT2D eigenvalue weighted by Crippen LogP contribution is 2.31. The quantitative estimate of drug-likeness (QED) is 0.217. The van der Waals surface area contributed by atoms with Crippen molar-refractivity contribution < 1.29 is 13.6 Å². The van der Waals surface area contributed by atoms with Gasteiger partial charge >= 0.3 is 0 Å². The summed E-state index contributed by atoms with van der Waals surface area (Å²) >= 11 is 2.75. The molecule has 2 aromatic carbocycles. The fourth-order valence-corrected chi connectivity index (χ4v) is 5.23. The number of fused-ring (bicyclic) bond motifs is 1. The lowest BCUT2D eigenvalue weighted by atomic mass is 10.1. The van der Waals surface area contributed by atoms with Crippen molar-refractivity contribution in [3.8, 4) is 34.2 Å². The van der Waals surface area contributed by atoms with Gasteiger partial charge in [0.05, 0.1) is 18.2 Å². The van der Waals surface area contributed by atoms with E-state index in [4.69, 9.17) is 8.83 Å². The predicted octanol–water partition coefficient (Wildman–Crippen LogP) is 6.79. The van der Waals surface area contributed by atoms with E-state index in [9.17, 15) is 4.79 Å². The van der Waals surface area contributed by atoms with Crippen molar-refractivity contribution in [1.82, 2.24) is 20.2 Å². The van der Waals surface area contributed by atoms with Crippen molar-refractivity contribution in [2.24, 2.45) is 0 Å². The molecule has 4 heterocycles. The number of rotatable bonds is 8. The van der Waals surface area contributed by atoms with E-state index >= 15 is 0 Å². The Balaban J connectivity index is 1.08. The van der Waals surface area contributed by atoms with Gasteiger partial charge in [-0.05, 0) is 41.1 Å². The largest absolute Gasteiger partial charge is 0.463 e. The average molecular weight is 526 g/mol. The molecule has 0 unspecified atom stereocenters. The second kappa shape index (κ2) is 10.4. The Morgan fingerprint density at radius 2 is 1.65 bits per heavy atom. The number of thiazole rings is 1. The smallest absolute Gasteiger partial charge is 0.226 e. The van der Waals surface area contributed by atoms with E-state index in [-0.39, 0.29) is 12.3 Å². The number of amides is 1. The molecule has 0 aliphatic carbocycles. The summed E-state index contributed by atoms with van der Waals surface area (Å²) < 4.78 is 11.0. The number of thioether (sulfide) groups is 1. The molecule has 0 saturated heterocycles. The second-order valence-electron chi connectivity index (χ2n) is 7.99. The first-order valence-corrected chi connectivity index (χ1v) is 13.3. The number of anilines is 1. The second-order valence-corrected chi connectivity index (χ2v) is 9.91. The topological polar surface area (TPSA) is 107 Å². The van der Waals surface area contributed by atoms with Gasteiger partial charge in [-0.3, -0.25) is 4.79 Å². The Labute approximate surface area is 219 Å². The maximum atomic E-state index is 12.5. The van der Waals surface area contributed by atoms with Crippen LogP contribution in [0.25, 0.3) is 44.9 Å². The highest BCUT2D eigenvalue weighted by Gasteiger charge is 2.18. The van der Waals surface area contributed by atoms with Crippen molar-refractivity contribution in [2.75, 3.05) is 11.1 Å². The number of hydrogen-bond donors (Lipinski definition) is 1. The molecule has 0 bridgehead atoms. The van der Waals surface area contributed by atoms with Crippen LogP contribution in [0.4, 0.5) is 5.13 Å². The van der Waals surface area contributed by atoms with Crippen LogP contribution in [0.5, 0.6) is 0 Å². The van der Waals surface area contributed by atoms with Crippen molar-refractivity contribution in [2.45, 2.75) is 11.6 Å². The minimum atomic E-state index is -0.127. The van der Waals surface area contributed by atoms with E-state index in [0.29, 0.717) is 38.9 Å². The van der Waals surface area contributed by atoms with Gasteiger partial charge in [0.2, 0.25) is 11.1 Å². The molecular weight excluding hydrogens is 506 g/mol. The maximum absolute atomic E-state index is 12.5. The van der Waals surface area contributed by atoms with E-state index in [2.05, 4.69) is 49.7 Å². The van der Waals surface area contributed by atoms with E-state index in [1.54, 1.807) is 36.8 Å². The summed E-state index contributed by atoms with van der Waals surface area (Å²) in [5.74, 6) is 1.47. The molecule has 0 saturated carbocycles. The molecule has 0 aliphatic heterocycles. The highest BCUT2D eigenvalue weighted by molar-refractivity contribution is 7.99. The zero-order chi connectivity index (χ0) is 25.0. The number of hydrogen-bond acceptors (Lipinski definition) is 9. The lowest BCUT2D eigenvalue weighted by Gasteiger charge is -2.05.